The number of carboxylic acid groups (broad SMARTS) is 1. The molecular weight excluding hydrogens is 373 g/mol. The predicted octanol–water partition coefficient (Wildman–Crippen LogP) is 4.28. The number of hydrogen-bond acceptors (Lipinski definition) is 4. The van der Waals surface area contributed by atoms with Crippen LogP contribution in [0.3, 0.4) is 0 Å². The Hall–Kier alpha value is -3.88. The summed E-state index contributed by atoms with van der Waals surface area (Å²) in [6.07, 6.45) is 1.33. The average Bonchev–Trinajstić information content (AvgIpc) is 3.05. The van der Waals surface area contributed by atoms with Crippen molar-refractivity contribution in [1.82, 2.24) is 14.5 Å². The number of carbonyl (C=O) groups is 1. The van der Waals surface area contributed by atoms with Gasteiger partial charge in [0, 0.05) is 17.3 Å². The summed E-state index contributed by atoms with van der Waals surface area (Å²) >= 11 is 0. The molecule has 2 aromatic carbocycles. The number of carboxylic acids is 1. The normalized spacial score (nSPS) is 11.0. The molecule has 0 aliphatic rings. The molecule has 28 heavy (non-hydrogen) atoms. The molecule has 0 aliphatic heterocycles. The van der Waals surface area contributed by atoms with E-state index >= 15 is 0 Å². The zero-order valence-corrected chi connectivity index (χ0v) is 14.0. The number of aromatic nitrogens is 3. The summed E-state index contributed by atoms with van der Waals surface area (Å²) in [6.45, 7) is 0. The van der Waals surface area contributed by atoms with Gasteiger partial charge in [0.2, 0.25) is 5.95 Å². The first-order chi connectivity index (χ1) is 13.4. The lowest BCUT2D eigenvalue weighted by Crippen LogP contribution is -2.08. The molecule has 0 radical (unpaired) electrons. The molecule has 0 bridgehead atoms. The topological polar surface area (TPSA) is 80.0 Å². The molecule has 0 spiro atoms. The number of rotatable bonds is 4. The molecule has 0 unspecified atom stereocenters. The minimum atomic E-state index is -1.23. The van der Waals surface area contributed by atoms with Crippen LogP contribution >= 0.6 is 0 Å². The first kappa shape index (κ1) is 17.5. The van der Waals surface area contributed by atoms with Gasteiger partial charge < -0.3 is 10.4 Å². The van der Waals surface area contributed by atoms with Gasteiger partial charge in [-0.05, 0) is 42.5 Å². The van der Waals surface area contributed by atoms with Crippen LogP contribution in [0.1, 0.15) is 10.5 Å². The van der Waals surface area contributed by atoms with E-state index in [0.29, 0.717) is 11.1 Å². The molecule has 2 heterocycles. The van der Waals surface area contributed by atoms with Gasteiger partial charge in [-0.1, -0.05) is 6.07 Å². The second-order valence-electron chi connectivity index (χ2n) is 5.84. The van der Waals surface area contributed by atoms with Gasteiger partial charge in [-0.3, -0.25) is 4.57 Å². The number of nitrogens with zero attached hydrogens (tertiary/aromatic N) is 3. The molecule has 4 aromatic rings. The number of hydrogen-bond donors (Lipinski definition) is 2. The highest BCUT2D eigenvalue weighted by Crippen LogP contribution is 2.26. The number of anilines is 2. The van der Waals surface area contributed by atoms with Gasteiger partial charge in [0.05, 0.1) is 0 Å². The standard InChI is InChI=1S/C19H11F3N4O2/c20-11-4-6-12(7-5-11)26-15(18(27)28)8-10-9-23-19(25-17(10)26)24-16-13(21)2-1-3-14(16)22/h1-9H,(H,27,28)(H,23,24,25). The third-order valence-electron chi connectivity index (χ3n) is 4.04. The van der Waals surface area contributed by atoms with Crippen molar-refractivity contribution in [2.75, 3.05) is 5.32 Å². The van der Waals surface area contributed by atoms with Gasteiger partial charge >= 0.3 is 5.97 Å². The van der Waals surface area contributed by atoms with Crippen molar-refractivity contribution in [1.29, 1.82) is 0 Å². The Morgan fingerprint density at radius 2 is 1.71 bits per heavy atom. The lowest BCUT2D eigenvalue weighted by molar-refractivity contribution is 0.0688. The maximum Gasteiger partial charge on any atom is 0.352 e. The fraction of sp³-hybridized carbons (Fsp3) is 0. The Morgan fingerprint density at radius 3 is 2.36 bits per heavy atom. The van der Waals surface area contributed by atoms with E-state index in [0.717, 1.165) is 12.1 Å². The van der Waals surface area contributed by atoms with Crippen LogP contribution in [0, 0.1) is 17.5 Å². The summed E-state index contributed by atoms with van der Waals surface area (Å²) in [6, 6.07) is 9.89. The smallest absolute Gasteiger partial charge is 0.352 e. The van der Waals surface area contributed by atoms with Crippen molar-refractivity contribution in [3.05, 3.63) is 77.9 Å². The third kappa shape index (κ3) is 3.02. The van der Waals surface area contributed by atoms with Crippen LogP contribution in [0.25, 0.3) is 16.7 Å². The highest BCUT2D eigenvalue weighted by Gasteiger charge is 2.19. The van der Waals surface area contributed by atoms with Gasteiger partial charge in [0.1, 0.15) is 28.8 Å². The highest BCUT2D eigenvalue weighted by molar-refractivity contribution is 5.94. The third-order valence-corrected chi connectivity index (χ3v) is 4.04. The number of para-hydroxylation sites is 1. The Morgan fingerprint density at radius 1 is 1.04 bits per heavy atom. The molecule has 2 aromatic heterocycles. The molecule has 0 aliphatic carbocycles. The molecular formula is C19H11F3N4O2. The number of halogens is 3. The van der Waals surface area contributed by atoms with Gasteiger partial charge in [-0.2, -0.15) is 4.98 Å². The molecule has 2 N–H and O–H groups in total. The van der Waals surface area contributed by atoms with Crippen molar-refractivity contribution in [2.45, 2.75) is 0 Å². The van der Waals surface area contributed by atoms with E-state index in [4.69, 9.17) is 0 Å². The zero-order valence-electron chi connectivity index (χ0n) is 14.0. The lowest BCUT2D eigenvalue weighted by atomic mass is 10.3. The molecule has 0 saturated carbocycles. The van der Waals surface area contributed by atoms with Crippen LogP contribution in [0.4, 0.5) is 24.8 Å². The summed E-state index contributed by atoms with van der Waals surface area (Å²) in [5, 5.41) is 12.4. The van der Waals surface area contributed by atoms with E-state index in [1.54, 1.807) is 0 Å². The predicted molar refractivity (Wildman–Crippen MR) is 95.4 cm³/mol. The van der Waals surface area contributed by atoms with Crippen molar-refractivity contribution < 1.29 is 23.1 Å². The first-order valence-corrected chi connectivity index (χ1v) is 8.03. The molecule has 0 saturated heterocycles. The fourth-order valence-electron chi connectivity index (χ4n) is 2.79. The maximum atomic E-state index is 13.9. The molecule has 6 nitrogen and oxygen atoms in total. The minimum absolute atomic E-state index is 0.120. The molecule has 0 atom stereocenters. The Balaban J connectivity index is 1.88. The zero-order chi connectivity index (χ0) is 19.8. The van der Waals surface area contributed by atoms with E-state index in [9.17, 15) is 23.1 Å². The molecule has 9 heteroatoms. The average molecular weight is 384 g/mol. The van der Waals surface area contributed by atoms with E-state index in [1.807, 2.05) is 0 Å². The number of nitrogens with one attached hydrogen (secondary N) is 1. The maximum absolute atomic E-state index is 13.9. The van der Waals surface area contributed by atoms with Crippen LogP contribution < -0.4 is 5.32 Å². The van der Waals surface area contributed by atoms with Crippen molar-refractivity contribution in [3.63, 3.8) is 0 Å². The van der Waals surface area contributed by atoms with E-state index < -0.39 is 29.1 Å². The highest BCUT2D eigenvalue weighted by atomic mass is 19.1. The van der Waals surface area contributed by atoms with E-state index in [2.05, 4.69) is 15.3 Å². The fourth-order valence-corrected chi connectivity index (χ4v) is 2.79. The molecule has 140 valence electrons. The van der Waals surface area contributed by atoms with Crippen LogP contribution in [-0.4, -0.2) is 25.6 Å². The number of aromatic carboxylic acids is 1. The quantitative estimate of drug-likeness (QED) is 0.549. The summed E-state index contributed by atoms with van der Waals surface area (Å²) in [5.74, 6) is -3.50. The molecule has 4 rings (SSSR count). The van der Waals surface area contributed by atoms with Gasteiger partial charge in [0.25, 0.3) is 0 Å². The van der Waals surface area contributed by atoms with Crippen LogP contribution in [0.5, 0.6) is 0 Å². The largest absolute Gasteiger partial charge is 0.477 e. The SMILES string of the molecule is O=C(O)c1cc2cnc(Nc3c(F)cccc3F)nc2n1-c1ccc(F)cc1. The summed E-state index contributed by atoms with van der Waals surface area (Å²) in [7, 11) is 0. The van der Waals surface area contributed by atoms with E-state index in [-0.39, 0.29) is 17.3 Å². The molecule has 0 fully saturated rings. The Bertz CT molecular complexity index is 1190. The van der Waals surface area contributed by atoms with Crippen LogP contribution in [0.15, 0.2) is 54.7 Å². The Kier molecular flexibility index (Phi) is 4.19. The monoisotopic (exact) mass is 384 g/mol. The van der Waals surface area contributed by atoms with Crippen molar-refractivity contribution in [3.8, 4) is 5.69 Å². The van der Waals surface area contributed by atoms with Gasteiger partial charge in [-0.25, -0.2) is 22.9 Å². The van der Waals surface area contributed by atoms with Gasteiger partial charge in [-0.15, -0.1) is 0 Å². The number of benzene rings is 2. The summed E-state index contributed by atoms with van der Waals surface area (Å²) in [5.41, 5.74) is -0.0147. The number of fused-ring (bicyclic) bond motifs is 1. The minimum Gasteiger partial charge on any atom is -0.477 e. The van der Waals surface area contributed by atoms with Gasteiger partial charge in [0.15, 0.2) is 5.65 Å². The summed E-state index contributed by atoms with van der Waals surface area (Å²) in [4.78, 5) is 19.8. The van der Waals surface area contributed by atoms with E-state index in [1.165, 1.54) is 47.2 Å². The first-order valence-electron chi connectivity index (χ1n) is 8.03. The van der Waals surface area contributed by atoms with Crippen LogP contribution in [0.2, 0.25) is 0 Å². The Labute approximate surface area is 155 Å². The lowest BCUT2D eigenvalue weighted by Gasteiger charge is -2.10. The van der Waals surface area contributed by atoms with Crippen LogP contribution in [-0.2, 0) is 0 Å². The second kappa shape index (κ2) is 6.69. The summed E-state index contributed by atoms with van der Waals surface area (Å²) < 4.78 is 42.3. The van der Waals surface area contributed by atoms with Crippen molar-refractivity contribution in [2.24, 2.45) is 0 Å². The molecule has 0 amide bonds. The second-order valence-corrected chi connectivity index (χ2v) is 5.84. The van der Waals surface area contributed by atoms with Crippen molar-refractivity contribution >= 4 is 28.6 Å².